The summed E-state index contributed by atoms with van der Waals surface area (Å²) in [5.74, 6) is -1.33. The van der Waals surface area contributed by atoms with Crippen LogP contribution in [0.4, 0.5) is 8.78 Å². The van der Waals surface area contributed by atoms with E-state index in [1.54, 1.807) is 0 Å². The number of rotatable bonds is 7. The number of imidazole rings is 1. The van der Waals surface area contributed by atoms with Gasteiger partial charge in [-0.15, -0.1) is 0 Å². The van der Waals surface area contributed by atoms with Crippen molar-refractivity contribution in [3.63, 3.8) is 0 Å². The van der Waals surface area contributed by atoms with E-state index in [1.807, 2.05) is 12.3 Å². The van der Waals surface area contributed by atoms with Gasteiger partial charge in [0.25, 0.3) is 5.92 Å². The van der Waals surface area contributed by atoms with Crippen molar-refractivity contribution in [3.8, 4) is 0 Å². The average molecular weight is 482 g/mol. The lowest BCUT2D eigenvalue weighted by atomic mass is 9.92. The molecule has 188 valence electrons. The van der Waals surface area contributed by atoms with Gasteiger partial charge in [0.2, 0.25) is 0 Å². The highest BCUT2D eigenvalue weighted by molar-refractivity contribution is 5.76. The minimum absolute atomic E-state index is 0.00572. The Kier molecular flexibility index (Phi) is 7.17. The predicted molar refractivity (Wildman–Crippen MR) is 136 cm³/mol. The highest BCUT2D eigenvalue weighted by Gasteiger charge is 2.35. The summed E-state index contributed by atoms with van der Waals surface area (Å²) in [6.07, 6.45) is 7.26. The lowest BCUT2D eigenvalue weighted by molar-refractivity contribution is -0.0552. The van der Waals surface area contributed by atoms with Crippen LogP contribution < -0.4 is 0 Å². The standard InChI is InChI=1S/C28H37F2N5/c1-21-9-8-16-31-26(21)24-12-7-13-25(33(24)2)27-32-22-10-3-4-11-23(22)35(27)18-6-5-17-34-19-14-28(29,30)15-20-34/h3-4,8-11,16,24-25H,5-7,12-15,17-20H2,1-2H3/t24-,25+/m0/s1. The first-order valence-electron chi connectivity index (χ1n) is 13.1. The van der Waals surface area contributed by atoms with Gasteiger partial charge in [0.15, 0.2) is 0 Å². The average Bonchev–Trinajstić information content (AvgIpc) is 3.22. The molecule has 0 N–H and O–H groups in total. The van der Waals surface area contributed by atoms with Crippen LogP contribution in [0, 0.1) is 6.92 Å². The van der Waals surface area contributed by atoms with E-state index in [9.17, 15) is 8.78 Å². The van der Waals surface area contributed by atoms with Crippen LogP contribution in [-0.2, 0) is 6.54 Å². The molecule has 2 saturated heterocycles. The number of alkyl halides is 2. The van der Waals surface area contributed by atoms with Gasteiger partial charge >= 0.3 is 0 Å². The number of para-hydroxylation sites is 2. The number of piperidine rings is 2. The van der Waals surface area contributed by atoms with Crippen molar-refractivity contribution < 1.29 is 8.78 Å². The van der Waals surface area contributed by atoms with Gasteiger partial charge in [0.1, 0.15) is 5.82 Å². The zero-order valence-corrected chi connectivity index (χ0v) is 21.0. The van der Waals surface area contributed by atoms with E-state index in [4.69, 9.17) is 9.97 Å². The molecule has 0 aliphatic carbocycles. The fraction of sp³-hybridized carbons (Fsp3) is 0.571. The molecule has 2 aromatic heterocycles. The summed E-state index contributed by atoms with van der Waals surface area (Å²) < 4.78 is 29.3. The van der Waals surface area contributed by atoms with Crippen LogP contribution in [0.25, 0.3) is 11.0 Å². The molecule has 4 heterocycles. The molecule has 0 unspecified atom stereocenters. The summed E-state index contributed by atoms with van der Waals surface area (Å²) in [5.41, 5.74) is 4.65. The topological polar surface area (TPSA) is 37.2 Å². The SMILES string of the molecule is Cc1cccnc1[C@@H]1CCC[C@H](c2nc3ccccc3n2CCCCN2CCC(F)(F)CC2)N1C. The second kappa shape index (κ2) is 10.3. The number of likely N-dealkylation sites (tertiary alicyclic amines) is 2. The fourth-order valence-electron chi connectivity index (χ4n) is 5.91. The number of aromatic nitrogens is 3. The van der Waals surface area contributed by atoms with E-state index in [0.717, 1.165) is 56.5 Å². The number of fused-ring (bicyclic) bond motifs is 1. The molecule has 7 heteroatoms. The normalized spacial score (nSPS) is 23.7. The van der Waals surface area contributed by atoms with Gasteiger partial charge in [-0.25, -0.2) is 13.8 Å². The van der Waals surface area contributed by atoms with Gasteiger partial charge in [0.05, 0.1) is 28.8 Å². The third-order valence-corrected chi connectivity index (χ3v) is 7.98. The number of hydrogen-bond donors (Lipinski definition) is 0. The monoisotopic (exact) mass is 481 g/mol. The number of nitrogens with zero attached hydrogens (tertiary/aromatic N) is 5. The van der Waals surface area contributed by atoms with Crippen molar-refractivity contribution in [2.75, 3.05) is 26.7 Å². The molecule has 0 spiro atoms. The first-order valence-corrected chi connectivity index (χ1v) is 13.1. The molecule has 35 heavy (non-hydrogen) atoms. The summed E-state index contributed by atoms with van der Waals surface area (Å²) >= 11 is 0. The summed E-state index contributed by atoms with van der Waals surface area (Å²) in [7, 11) is 2.22. The highest BCUT2D eigenvalue weighted by Crippen LogP contribution is 2.41. The third kappa shape index (κ3) is 5.26. The van der Waals surface area contributed by atoms with Crippen LogP contribution in [-0.4, -0.2) is 56.9 Å². The van der Waals surface area contributed by atoms with Crippen LogP contribution in [0.5, 0.6) is 0 Å². The van der Waals surface area contributed by atoms with Crippen LogP contribution in [0.3, 0.4) is 0 Å². The maximum atomic E-state index is 13.5. The molecule has 0 bridgehead atoms. The van der Waals surface area contributed by atoms with Gasteiger partial charge in [-0.05, 0) is 76.4 Å². The van der Waals surface area contributed by atoms with Crippen molar-refractivity contribution in [3.05, 3.63) is 59.7 Å². The molecule has 1 aromatic carbocycles. The Morgan fingerprint density at radius 1 is 0.971 bits per heavy atom. The van der Waals surface area contributed by atoms with Crippen LogP contribution in [0.15, 0.2) is 42.6 Å². The smallest absolute Gasteiger partial charge is 0.250 e. The summed E-state index contributed by atoms with van der Waals surface area (Å²) in [6.45, 7) is 4.96. The Hall–Kier alpha value is -2.38. The zero-order chi connectivity index (χ0) is 24.4. The van der Waals surface area contributed by atoms with Gasteiger partial charge < -0.3 is 9.47 Å². The Balaban J connectivity index is 1.32. The van der Waals surface area contributed by atoms with Gasteiger partial charge in [-0.1, -0.05) is 18.2 Å². The van der Waals surface area contributed by atoms with Gasteiger partial charge in [-0.2, -0.15) is 0 Å². The summed E-state index contributed by atoms with van der Waals surface area (Å²) in [5, 5.41) is 0. The second-order valence-corrected chi connectivity index (χ2v) is 10.3. The first-order chi connectivity index (χ1) is 16.9. The predicted octanol–water partition coefficient (Wildman–Crippen LogP) is 6.15. The minimum Gasteiger partial charge on any atom is -0.327 e. The fourth-order valence-corrected chi connectivity index (χ4v) is 5.91. The maximum absolute atomic E-state index is 13.5. The lowest BCUT2D eigenvalue weighted by Gasteiger charge is -2.39. The number of halogens is 2. The summed E-state index contributed by atoms with van der Waals surface area (Å²) in [6, 6.07) is 13.1. The lowest BCUT2D eigenvalue weighted by Crippen LogP contribution is -2.39. The molecule has 2 aliphatic rings. The number of unbranched alkanes of at least 4 members (excludes halogenated alkanes) is 1. The van der Waals surface area contributed by atoms with Crippen molar-refractivity contribution in [2.24, 2.45) is 0 Å². The molecular formula is C28H37F2N5. The number of hydrogen-bond acceptors (Lipinski definition) is 4. The summed E-state index contributed by atoms with van der Waals surface area (Å²) in [4.78, 5) is 14.5. The first kappa shape index (κ1) is 24.3. The zero-order valence-electron chi connectivity index (χ0n) is 21.0. The Labute approximate surface area is 207 Å². The van der Waals surface area contributed by atoms with E-state index in [1.165, 1.54) is 16.8 Å². The van der Waals surface area contributed by atoms with E-state index in [0.29, 0.717) is 19.1 Å². The molecule has 0 radical (unpaired) electrons. The molecule has 2 fully saturated rings. The number of pyridine rings is 1. The molecule has 5 nitrogen and oxygen atoms in total. The Morgan fingerprint density at radius 3 is 2.51 bits per heavy atom. The van der Waals surface area contributed by atoms with E-state index in [2.05, 4.69) is 58.7 Å². The number of benzene rings is 1. The van der Waals surface area contributed by atoms with Crippen molar-refractivity contribution >= 4 is 11.0 Å². The van der Waals surface area contributed by atoms with E-state index >= 15 is 0 Å². The molecule has 0 amide bonds. The maximum Gasteiger partial charge on any atom is 0.250 e. The second-order valence-electron chi connectivity index (χ2n) is 10.3. The third-order valence-electron chi connectivity index (χ3n) is 7.98. The molecule has 2 atom stereocenters. The number of aryl methyl sites for hydroxylation is 2. The molecule has 5 rings (SSSR count). The van der Waals surface area contributed by atoms with E-state index in [-0.39, 0.29) is 18.9 Å². The quantitative estimate of drug-likeness (QED) is 0.379. The van der Waals surface area contributed by atoms with E-state index < -0.39 is 5.92 Å². The van der Waals surface area contributed by atoms with Crippen LogP contribution in [0.1, 0.15) is 74.1 Å². The highest BCUT2D eigenvalue weighted by atomic mass is 19.3. The Morgan fingerprint density at radius 2 is 1.71 bits per heavy atom. The molecular weight excluding hydrogens is 444 g/mol. The van der Waals surface area contributed by atoms with Crippen molar-refractivity contribution in [1.82, 2.24) is 24.3 Å². The van der Waals surface area contributed by atoms with Gasteiger partial charge in [-0.3, -0.25) is 9.88 Å². The van der Waals surface area contributed by atoms with Crippen molar-refractivity contribution in [1.29, 1.82) is 0 Å². The molecule has 3 aromatic rings. The van der Waals surface area contributed by atoms with Crippen LogP contribution in [0.2, 0.25) is 0 Å². The molecule has 2 aliphatic heterocycles. The minimum atomic E-state index is -2.47. The Bertz CT molecular complexity index is 1130. The van der Waals surface area contributed by atoms with Crippen molar-refractivity contribution in [2.45, 2.75) is 76.4 Å². The van der Waals surface area contributed by atoms with Gasteiger partial charge in [0, 0.05) is 38.7 Å². The largest absolute Gasteiger partial charge is 0.327 e. The molecule has 0 saturated carbocycles. The van der Waals surface area contributed by atoms with Crippen LogP contribution >= 0.6 is 0 Å².